The van der Waals surface area contributed by atoms with Gasteiger partial charge in [0.15, 0.2) is 0 Å². The van der Waals surface area contributed by atoms with Crippen molar-refractivity contribution in [1.29, 1.82) is 0 Å². The number of hydrogen-bond donors (Lipinski definition) is 2. The molecule has 4 rings (SSSR count). The molecule has 0 aliphatic rings. The molecule has 4 nitrogen and oxygen atoms in total. The molecule has 0 aliphatic heterocycles. The second-order valence-corrected chi connectivity index (χ2v) is 13.9. The van der Waals surface area contributed by atoms with Gasteiger partial charge in [0, 0.05) is 24.0 Å². The molecule has 41 heavy (non-hydrogen) atoms. The fourth-order valence-corrected chi connectivity index (χ4v) is 8.09. The Morgan fingerprint density at radius 3 is 1.85 bits per heavy atom. The van der Waals surface area contributed by atoms with Crippen LogP contribution < -0.4 is 0 Å². The summed E-state index contributed by atoms with van der Waals surface area (Å²) in [6.45, 7) is 18.6. The van der Waals surface area contributed by atoms with Crippen molar-refractivity contribution >= 4 is 21.5 Å². The van der Waals surface area contributed by atoms with Gasteiger partial charge in [0.05, 0.1) is 24.5 Å². The number of aryl methyl sites for hydroxylation is 4. The highest BCUT2D eigenvalue weighted by Crippen LogP contribution is 2.54. The minimum atomic E-state index is -3.21. The highest BCUT2D eigenvalue weighted by Gasteiger charge is 2.28. The molecular formula is C36H49N2O2S+. The largest absolute Gasteiger partial charge is 0.320 e. The zero-order chi connectivity index (χ0) is 29.6. The molecule has 0 radical (unpaired) electrons. The summed E-state index contributed by atoms with van der Waals surface area (Å²) < 4.78 is 26.8. The van der Waals surface area contributed by atoms with Crippen molar-refractivity contribution in [3.63, 3.8) is 0 Å². The van der Waals surface area contributed by atoms with E-state index >= 15 is 0 Å². The van der Waals surface area contributed by atoms with Crippen molar-refractivity contribution in [3.8, 4) is 0 Å². The molecule has 0 heterocycles. The summed E-state index contributed by atoms with van der Waals surface area (Å²) >= 11 is 0. The molecule has 0 spiro atoms. The predicted octanol–water partition coefficient (Wildman–Crippen LogP) is 9.44. The third-order valence-corrected chi connectivity index (χ3v) is 10.5. The van der Waals surface area contributed by atoms with Gasteiger partial charge >= 0.3 is 0 Å². The van der Waals surface area contributed by atoms with E-state index in [0.29, 0.717) is 18.0 Å². The first-order valence-electron chi connectivity index (χ1n) is 15.1. The molecule has 2 N–H and O–H groups in total. The molecule has 4 aromatic carbocycles. The van der Waals surface area contributed by atoms with Gasteiger partial charge in [-0.05, 0) is 71.4 Å². The fourth-order valence-electron chi connectivity index (χ4n) is 6.36. The Labute approximate surface area is 249 Å². The van der Waals surface area contributed by atoms with Gasteiger partial charge in [-0.1, -0.05) is 95.1 Å². The maximum absolute atomic E-state index is 11.9. The normalized spacial score (nSPS) is 12.8. The summed E-state index contributed by atoms with van der Waals surface area (Å²) in [7, 11) is -3.21. The zero-order valence-electron chi connectivity index (χ0n) is 25.9. The molecule has 0 fully saturated rings. The van der Waals surface area contributed by atoms with Crippen LogP contribution in [0.3, 0.4) is 0 Å². The van der Waals surface area contributed by atoms with Crippen molar-refractivity contribution in [3.05, 3.63) is 112 Å². The van der Waals surface area contributed by atoms with Crippen LogP contribution in [0.4, 0.5) is 0 Å². The van der Waals surface area contributed by atoms with Gasteiger partial charge in [0.2, 0.25) is 0 Å². The number of fused-ring (bicyclic) bond motifs is 1. The Hall–Kier alpha value is -2.67. The second-order valence-electron chi connectivity index (χ2n) is 11.9. The van der Waals surface area contributed by atoms with Crippen LogP contribution in [0.25, 0.3) is 10.8 Å². The summed E-state index contributed by atoms with van der Waals surface area (Å²) in [6, 6.07) is 27.2. The highest BCUT2D eigenvalue weighted by atomic mass is 32.3. The van der Waals surface area contributed by atoms with E-state index in [1.54, 1.807) is 0 Å². The maximum atomic E-state index is 11.9. The number of benzene rings is 4. The first-order chi connectivity index (χ1) is 19.5. The van der Waals surface area contributed by atoms with Gasteiger partial charge < -0.3 is 4.48 Å². The Kier molecular flexibility index (Phi) is 10.3. The van der Waals surface area contributed by atoms with Gasteiger partial charge in [-0.15, -0.1) is 10.8 Å². The van der Waals surface area contributed by atoms with E-state index in [9.17, 15) is 9.11 Å². The molecule has 0 saturated carbocycles. The second kappa shape index (κ2) is 13.5. The molecule has 0 aromatic heterocycles. The average Bonchev–Trinajstić information content (AvgIpc) is 2.92. The Morgan fingerprint density at radius 1 is 0.683 bits per heavy atom. The average molecular weight is 574 g/mol. The monoisotopic (exact) mass is 573 g/mol. The smallest absolute Gasteiger partial charge is 0.104 e. The number of quaternary nitrogens is 1. The van der Waals surface area contributed by atoms with Gasteiger partial charge in [0.25, 0.3) is 0 Å². The van der Waals surface area contributed by atoms with Gasteiger partial charge in [-0.2, -0.15) is 4.31 Å². The van der Waals surface area contributed by atoms with Gasteiger partial charge in [0.1, 0.15) is 6.54 Å². The van der Waals surface area contributed by atoms with Crippen molar-refractivity contribution in [2.75, 3.05) is 26.2 Å². The van der Waals surface area contributed by atoms with E-state index < -0.39 is 10.8 Å². The first-order valence-corrected chi connectivity index (χ1v) is 16.6. The predicted molar refractivity (Wildman–Crippen MR) is 176 cm³/mol. The van der Waals surface area contributed by atoms with Crippen molar-refractivity contribution in [1.82, 2.24) is 4.31 Å². The molecule has 0 aliphatic carbocycles. The van der Waals surface area contributed by atoms with Crippen LogP contribution in [0.1, 0.15) is 60.1 Å². The van der Waals surface area contributed by atoms with Crippen LogP contribution in [-0.4, -0.2) is 44.1 Å². The summed E-state index contributed by atoms with van der Waals surface area (Å²) in [6.07, 6.45) is 1.93. The van der Waals surface area contributed by atoms with Crippen LogP contribution in [0.2, 0.25) is 0 Å². The lowest BCUT2D eigenvalue weighted by Crippen LogP contribution is -2.47. The number of unbranched alkanes of at least 4 members (excludes halogenated alkanes) is 1. The summed E-state index contributed by atoms with van der Waals surface area (Å²) in [5, 5.41) is 1.93. The molecule has 220 valence electrons. The zero-order valence-corrected chi connectivity index (χ0v) is 26.7. The van der Waals surface area contributed by atoms with Crippen LogP contribution >= 0.6 is 10.8 Å². The van der Waals surface area contributed by atoms with Gasteiger partial charge in [-0.25, -0.2) is 0 Å². The quantitative estimate of drug-likeness (QED) is 0.124. The fraction of sp³-hybridized carbons (Fsp3) is 0.389. The van der Waals surface area contributed by atoms with E-state index in [0.717, 1.165) is 59.8 Å². The molecule has 0 unspecified atom stereocenters. The lowest BCUT2D eigenvalue weighted by atomic mass is 10.1. The Morgan fingerprint density at radius 2 is 1.24 bits per heavy atom. The van der Waals surface area contributed by atoms with Crippen molar-refractivity contribution < 1.29 is 13.6 Å². The summed E-state index contributed by atoms with van der Waals surface area (Å²) in [4.78, 5) is 0.613. The van der Waals surface area contributed by atoms with E-state index in [1.807, 2.05) is 46.8 Å². The lowest BCUT2D eigenvalue weighted by molar-refractivity contribution is -0.938. The SMILES string of the molecule is CC[N+](CC)(CCCCN(Cc1cc(C)cc(C)c1)S(O)(O)c1cccc2ccccc12)Cc1cc(C)cc(C)c1. The third-order valence-electron chi connectivity index (χ3n) is 8.48. The molecule has 0 bridgehead atoms. The van der Waals surface area contributed by atoms with E-state index in [-0.39, 0.29) is 0 Å². The molecular weight excluding hydrogens is 524 g/mol. The number of hydrogen-bond acceptors (Lipinski definition) is 3. The molecule has 0 saturated heterocycles. The van der Waals surface area contributed by atoms with Crippen molar-refractivity contribution in [2.24, 2.45) is 0 Å². The van der Waals surface area contributed by atoms with Crippen LogP contribution in [0.5, 0.6) is 0 Å². The molecule has 0 amide bonds. The van der Waals surface area contributed by atoms with E-state index in [2.05, 4.69) is 77.9 Å². The van der Waals surface area contributed by atoms with E-state index in [4.69, 9.17) is 0 Å². The van der Waals surface area contributed by atoms with Crippen molar-refractivity contribution in [2.45, 2.75) is 72.4 Å². The standard InChI is InChI=1S/C36H48N2O2S/c1-7-38(8-2,27-33-24-30(5)21-31(6)25-33)19-12-11-18-37(26-32-22-28(3)20-29(4)23-32)41(39,40)36-17-13-15-34-14-9-10-16-35(34)36/h9-10,13-17,20-25H,7-8,11-12,18-19,26-27H2,1-6H3,(H-,39,40)/p+1. The molecule has 5 heteroatoms. The lowest BCUT2D eigenvalue weighted by Gasteiger charge is -2.44. The first kappa shape index (κ1) is 31.3. The summed E-state index contributed by atoms with van der Waals surface area (Å²) in [5.74, 6) is 0. The number of rotatable bonds is 13. The minimum absolute atomic E-state index is 0.498. The van der Waals surface area contributed by atoms with Gasteiger partial charge in [-0.3, -0.25) is 9.11 Å². The Balaban J connectivity index is 1.55. The third kappa shape index (κ3) is 7.79. The number of nitrogens with zero attached hydrogens (tertiary/aromatic N) is 2. The minimum Gasteiger partial charge on any atom is -0.320 e. The van der Waals surface area contributed by atoms with E-state index in [1.165, 1.54) is 27.8 Å². The Bertz CT molecular complexity index is 1420. The van der Waals surface area contributed by atoms with Crippen LogP contribution in [-0.2, 0) is 13.1 Å². The van der Waals surface area contributed by atoms with Crippen LogP contribution in [0, 0.1) is 27.7 Å². The summed E-state index contributed by atoms with van der Waals surface area (Å²) in [5.41, 5.74) is 7.57. The maximum Gasteiger partial charge on any atom is 0.104 e. The topological polar surface area (TPSA) is 43.7 Å². The molecule has 0 atom stereocenters. The highest BCUT2D eigenvalue weighted by molar-refractivity contribution is 8.22. The van der Waals surface area contributed by atoms with Crippen LogP contribution in [0.15, 0.2) is 83.8 Å². The molecule has 4 aromatic rings.